The standard InChI is InChI=1S/C19H22O2/c1-2-17-12-13-18(21-17)19(20)16-10-8-15(9-11-16)14-6-4-3-5-7-14/h8-14H,2-7H2,1H3. The lowest BCUT2D eigenvalue weighted by molar-refractivity contribution is 0.101. The average molecular weight is 282 g/mol. The maximum atomic E-state index is 12.4. The molecule has 0 aliphatic heterocycles. The molecule has 21 heavy (non-hydrogen) atoms. The maximum absolute atomic E-state index is 12.4. The van der Waals surface area contributed by atoms with Gasteiger partial charge in [-0.2, -0.15) is 0 Å². The second-order valence-corrected chi connectivity index (χ2v) is 5.91. The molecule has 1 aliphatic rings. The minimum Gasteiger partial charge on any atom is -0.458 e. The molecule has 0 spiro atoms. The molecule has 3 rings (SSSR count). The summed E-state index contributed by atoms with van der Waals surface area (Å²) in [7, 11) is 0. The Labute approximate surface area is 126 Å². The van der Waals surface area contributed by atoms with Gasteiger partial charge in [0.2, 0.25) is 5.78 Å². The van der Waals surface area contributed by atoms with Gasteiger partial charge in [-0.1, -0.05) is 50.5 Å². The van der Waals surface area contributed by atoms with E-state index < -0.39 is 0 Å². The van der Waals surface area contributed by atoms with E-state index in [1.54, 1.807) is 6.07 Å². The molecule has 1 saturated carbocycles. The zero-order valence-electron chi connectivity index (χ0n) is 12.6. The molecule has 0 radical (unpaired) electrons. The van der Waals surface area contributed by atoms with E-state index in [0.717, 1.165) is 12.2 Å². The lowest BCUT2D eigenvalue weighted by atomic mass is 9.84. The van der Waals surface area contributed by atoms with E-state index in [2.05, 4.69) is 12.1 Å². The second-order valence-electron chi connectivity index (χ2n) is 5.91. The Hall–Kier alpha value is -1.83. The van der Waals surface area contributed by atoms with Crippen LogP contribution >= 0.6 is 0 Å². The molecular formula is C19H22O2. The van der Waals surface area contributed by atoms with Gasteiger partial charge >= 0.3 is 0 Å². The number of hydrogen-bond donors (Lipinski definition) is 0. The third-order valence-corrected chi connectivity index (χ3v) is 4.48. The number of aryl methyl sites for hydroxylation is 1. The highest BCUT2D eigenvalue weighted by molar-refractivity contribution is 6.07. The molecule has 2 aromatic rings. The summed E-state index contributed by atoms with van der Waals surface area (Å²) in [5.41, 5.74) is 2.09. The van der Waals surface area contributed by atoms with Crippen molar-refractivity contribution in [2.45, 2.75) is 51.4 Å². The summed E-state index contributed by atoms with van der Waals surface area (Å²) in [6.45, 7) is 2.02. The molecule has 1 aromatic carbocycles. The maximum Gasteiger partial charge on any atom is 0.228 e. The van der Waals surface area contributed by atoms with Gasteiger partial charge < -0.3 is 4.42 Å². The minimum atomic E-state index is -0.0232. The molecule has 0 saturated heterocycles. The Balaban J connectivity index is 1.75. The molecule has 0 N–H and O–H groups in total. The van der Waals surface area contributed by atoms with Crippen LogP contribution in [0.3, 0.4) is 0 Å². The van der Waals surface area contributed by atoms with Crippen LogP contribution in [0.4, 0.5) is 0 Å². The highest BCUT2D eigenvalue weighted by Gasteiger charge is 2.17. The summed E-state index contributed by atoms with van der Waals surface area (Å²) in [5, 5.41) is 0. The first-order valence-corrected chi connectivity index (χ1v) is 8.01. The Morgan fingerprint density at radius 2 is 1.76 bits per heavy atom. The molecule has 110 valence electrons. The van der Waals surface area contributed by atoms with E-state index in [4.69, 9.17) is 4.42 Å². The number of carbonyl (C=O) groups excluding carboxylic acids is 1. The third-order valence-electron chi connectivity index (χ3n) is 4.48. The van der Waals surface area contributed by atoms with Gasteiger partial charge in [-0.15, -0.1) is 0 Å². The SMILES string of the molecule is CCc1ccc(C(=O)c2ccc(C3CCCCC3)cc2)o1. The molecular weight excluding hydrogens is 260 g/mol. The van der Waals surface area contributed by atoms with Crippen molar-refractivity contribution < 1.29 is 9.21 Å². The Morgan fingerprint density at radius 3 is 2.38 bits per heavy atom. The van der Waals surface area contributed by atoms with Crippen LogP contribution in [0.2, 0.25) is 0 Å². The highest BCUT2D eigenvalue weighted by Crippen LogP contribution is 2.32. The average Bonchev–Trinajstić information content (AvgIpc) is 3.04. The van der Waals surface area contributed by atoms with Crippen LogP contribution in [0.1, 0.15) is 72.4 Å². The van der Waals surface area contributed by atoms with Crippen LogP contribution in [0.25, 0.3) is 0 Å². The Bertz CT molecular complexity index is 601. The van der Waals surface area contributed by atoms with Crippen LogP contribution in [-0.2, 0) is 6.42 Å². The van der Waals surface area contributed by atoms with Crippen LogP contribution in [0.5, 0.6) is 0 Å². The molecule has 0 atom stereocenters. The summed E-state index contributed by atoms with van der Waals surface area (Å²) in [4.78, 5) is 12.4. The van der Waals surface area contributed by atoms with Crippen molar-refractivity contribution in [1.82, 2.24) is 0 Å². The fourth-order valence-corrected chi connectivity index (χ4v) is 3.17. The van der Waals surface area contributed by atoms with E-state index in [0.29, 0.717) is 17.2 Å². The van der Waals surface area contributed by atoms with Gasteiger partial charge in [0.1, 0.15) is 5.76 Å². The van der Waals surface area contributed by atoms with Gasteiger partial charge in [-0.25, -0.2) is 0 Å². The number of carbonyl (C=O) groups is 1. The number of benzene rings is 1. The number of furan rings is 1. The highest BCUT2D eigenvalue weighted by atomic mass is 16.3. The van der Waals surface area contributed by atoms with E-state index in [9.17, 15) is 4.79 Å². The fourth-order valence-electron chi connectivity index (χ4n) is 3.17. The lowest BCUT2D eigenvalue weighted by Crippen LogP contribution is -2.05. The van der Waals surface area contributed by atoms with Gasteiger partial charge in [-0.3, -0.25) is 4.79 Å². The van der Waals surface area contributed by atoms with E-state index >= 15 is 0 Å². The molecule has 0 amide bonds. The van der Waals surface area contributed by atoms with Gasteiger partial charge in [-0.05, 0) is 36.5 Å². The topological polar surface area (TPSA) is 30.2 Å². The lowest BCUT2D eigenvalue weighted by Gasteiger charge is -2.21. The molecule has 2 heteroatoms. The largest absolute Gasteiger partial charge is 0.458 e. The molecule has 2 nitrogen and oxygen atoms in total. The van der Waals surface area contributed by atoms with Crippen molar-refractivity contribution in [1.29, 1.82) is 0 Å². The van der Waals surface area contributed by atoms with Crippen molar-refractivity contribution >= 4 is 5.78 Å². The second kappa shape index (κ2) is 6.30. The van der Waals surface area contributed by atoms with Gasteiger partial charge in [0, 0.05) is 12.0 Å². The first-order chi connectivity index (χ1) is 10.3. The minimum absolute atomic E-state index is 0.0232. The monoisotopic (exact) mass is 282 g/mol. The molecule has 1 heterocycles. The molecule has 0 unspecified atom stereocenters. The van der Waals surface area contributed by atoms with E-state index in [1.165, 1.54) is 37.7 Å². The normalized spacial score (nSPS) is 16.0. The van der Waals surface area contributed by atoms with Crippen LogP contribution in [-0.4, -0.2) is 5.78 Å². The van der Waals surface area contributed by atoms with Gasteiger partial charge in [0.25, 0.3) is 0 Å². The van der Waals surface area contributed by atoms with Crippen LogP contribution in [0, 0.1) is 0 Å². The first kappa shape index (κ1) is 14.1. The van der Waals surface area contributed by atoms with Crippen molar-refractivity contribution in [3.05, 3.63) is 59.0 Å². The first-order valence-electron chi connectivity index (χ1n) is 8.01. The van der Waals surface area contributed by atoms with Gasteiger partial charge in [0.05, 0.1) is 0 Å². The van der Waals surface area contributed by atoms with Crippen molar-refractivity contribution in [2.75, 3.05) is 0 Å². The predicted octanol–water partition coefficient (Wildman–Crippen LogP) is 5.12. The Kier molecular flexibility index (Phi) is 4.23. The summed E-state index contributed by atoms with van der Waals surface area (Å²) in [6, 6.07) is 11.8. The molecule has 1 aliphatic carbocycles. The third kappa shape index (κ3) is 3.10. The number of ketones is 1. The summed E-state index contributed by atoms with van der Waals surface area (Å²) >= 11 is 0. The zero-order valence-corrected chi connectivity index (χ0v) is 12.6. The smallest absolute Gasteiger partial charge is 0.228 e. The molecule has 1 fully saturated rings. The van der Waals surface area contributed by atoms with Crippen molar-refractivity contribution in [3.8, 4) is 0 Å². The van der Waals surface area contributed by atoms with Gasteiger partial charge in [0.15, 0.2) is 5.76 Å². The summed E-state index contributed by atoms with van der Waals surface area (Å²) in [5.74, 6) is 1.96. The summed E-state index contributed by atoms with van der Waals surface area (Å²) < 4.78 is 5.55. The predicted molar refractivity (Wildman–Crippen MR) is 83.8 cm³/mol. The summed E-state index contributed by atoms with van der Waals surface area (Å²) in [6.07, 6.45) is 7.41. The van der Waals surface area contributed by atoms with Crippen molar-refractivity contribution in [3.63, 3.8) is 0 Å². The molecule has 0 bridgehead atoms. The Morgan fingerprint density at radius 1 is 1.05 bits per heavy atom. The quantitative estimate of drug-likeness (QED) is 0.728. The molecule has 1 aromatic heterocycles. The zero-order chi connectivity index (χ0) is 14.7. The van der Waals surface area contributed by atoms with Crippen LogP contribution < -0.4 is 0 Å². The fraction of sp³-hybridized carbons (Fsp3) is 0.421. The van der Waals surface area contributed by atoms with Crippen LogP contribution in [0.15, 0.2) is 40.8 Å². The number of rotatable bonds is 4. The van der Waals surface area contributed by atoms with E-state index in [-0.39, 0.29) is 5.78 Å². The van der Waals surface area contributed by atoms with Crippen molar-refractivity contribution in [2.24, 2.45) is 0 Å². The van der Waals surface area contributed by atoms with E-state index in [1.807, 2.05) is 25.1 Å². The number of hydrogen-bond acceptors (Lipinski definition) is 2.